The van der Waals surface area contributed by atoms with Gasteiger partial charge in [-0.05, 0) is 6.42 Å². The van der Waals surface area contributed by atoms with Crippen LogP contribution in [0.3, 0.4) is 0 Å². The highest BCUT2D eigenvalue weighted by molar-refractivity contribution is 4.99. The average Bonchev–Trinajstić information content (AvgIpc) is 3.33. The van der Waals surface area contributed by atoms with Gasteiger partial charge in [0.1, 0.15) is 122 Å². The molecule has 0 aromatic carbocycles. The molecular formula is C42H76O26. The van der Waals surface area contributed by atoms with Crippen LogP contribution in [0.4, 0.5) is 0 Å². The lowest BCUT2D eigenvalue weighted by atomic mass is 9.95. The Balaban J connectivity index is 1.25. The van der Waals surface area contributed by atoms with Crippen LogP contribution in [-0.2, 0) is 47.4 Å². The molecule has 16 N–H and O–H groups in total. The topological polar surface area (TPSA) is 416 Å². The van der Waals surface area contributed by atoms with Gasteiger partial charge in [0.05, 0.1) is 33.0 Å². The average molecular weight is 997 g/mol. The molecule has 0 amide bonds. The van der Waals surface area contributed by atoms with E-state index in [4.69, 9.17) is 47.4 Å². The lowest BCUT2D eigenvalue weighted by Gasteiger charge is -2.49. The van der Waals surface area contributed by atoms with Crippen molar-refractivity contribution in [1.82, 2.24) is 0 Å². The summed E-state index contributed by atoms with van der Waals surface area (Å²) in [4.78, 5) is 0. The summed E-state index contributed by atoms with van der Waals surface area (Å²) in [5, 5.41) is 171. The predicted molar refractivity (Wildman–Crippen MR) is 222 cm³/mol. The van der Waals surface area contributed by atoms with Gasteiger partial charge >= 0.3 is 0 Å². The third-order valence-corrected chi connectivity index (χ3v) is 13.1. The standard InChI is InChI=1S/C42H76O26/c1-2-3-4-5-6-7-8-9-10-11-12-59-38-30(55)34(24(49)19(14-44)60-38)66-40-32(57)36(26(51)21(16-46)62-40)68-42-33(58)37(27(52)22(17-47)64-42)67-41-31(56)35(25(50)20(15-45)63-41)65-39-29(54)28(53)23(48)18(13-43)61-39/h18-58H,2-17H2,1H3/t18-,19-,20-,21-,22-,23-,24-,25-,26-,27-,28+,29-,30-,31-,32-,33-,34+,35+,36+,37+,38?,39+,40+,41+,42+/m1/s1. The Hall–Kier alpha value is -1.04. The molecule has 26 heteroatoms. The number of hydrogen-bond donors (Lipinski definition) is 16. The van der Waals surface area contributed by atoms with Crippen molar-refractivity contribution < 1.29 is 129 Å². The van der Waals surface area contributed by atoms with E-state index in [0.29, 0.717) is 6.42 Å². The maximum Gasteiger partial charge on any atom is 0.187 e. The highest BCUT2D eigenvalue weighted by atomic mass is 16.8. The van der Waals surface area contributed by atoms with Crippen molar-refractivity contribution in [3.8, 4) is 0 Å². The van der Waals surface area contributed by atoms with Crippen molar-refractivity contribution in [2.75, 3.05) is 39.6 Å². The van der Waals surface area contributed by atoms with E-state index in [9.17, 15) is 81.7 Å². The molecule has 5 aliphatic rings. The van der Waals surface area contributed by atoms with Crippen molar-refractivity contribution in [3.05, 3.63) is 0 Å². The molecule has 0 spiro atoms. The monoisotopic (exact) mass is 996 g/mol. The SMILES string of the molecule is CCCCCCCCCCCCOC1O[C@H](CO)[C@@H](O)[C@H](O[C@@H]2O[C@H](CO)[C@@H](O)[C@H](O[C@@H]3O[C@H](CO)[C@@H](O)[C@H](O[C@@H]4O[C@H](CO)[C@@H](O)[C@H](O[C@@H]5O[C@H](CO)[C@@H](O)[C@H](O)[C@H]5O)[C@H]4O)[C@H]3O)[C@H]2O)[C@H]1O. The Kier molecular flexibility index (Phi) is 23.7. The summed E-state index contributed by atoms with van der Waals surface area (Å²) in [6, 6.07) is 0. The second-order valence-electron chi connectivity index (χ2n) is 18.0. The molecule has 0 bridgehead atoms. The van der Waals surface area contributed by atoms with E-state index in [1.54, 1.807) is 0 Å². The molecule has 5 saturated heterocycles. The minimum Gasteiger partial charge on any atom is -0.394 e. The molecule has 0 aromatic rings. The largest absolute Gasteiger partial charge is 0.394 e. The second-order valence-corrected chi connectivity index (χ2v) is 18.0. The second kappa shape index (κ2) is 27.9. The Bertz CT molecular complexity index is 1410. The van der Waals surface area contributed by atoms with Crippen LogP contribution in [-0.4, -0.2) is 275 Å². The minimum absolute atomic E-state index is 0.153. The van der Waals surface area contributed by atoms with Gasteiger partial charge in [0.15, 0.2) is 31.5 Å². The van der Waals surface area contributed by atoms with Gasteiger partial charge in [0.25, 0.3) is 0 Å². The van der Waals surface area contributed by atoms with Crippen LogP contribution in [0.15, 0.2) is 0 Å². The molecule has 68 heavy (non-hydrogen) atoms. The van der Waals surface area contributed by atoms with Gasteiger partial charge in [-0.3, -0.25) is 0 Å². The van der Waals surface area contributed by atoms with Gasteiger partial charge in [0.2, 0.25) is 0 Å². The molecule has 25 atom stereocenters. The smallest absolute Gasteiger partial charge is 0.187 e. The Morgan fingerprint density at radius 3 is 0.882 bits per heavy atom. The van der Waals surface area contributed by atoms with E-state index >= 15 is 0 Å². The summed E-state index contributed by atoms with van der Waals surface area (Å²) in [5.41, 5.74) is 0. The Morgan fingerprint density at radius 1 is 0.294 bits per heavy atom. The van der Waals surface area contributed by atoms with Gasteiger partial charge in [-0.25, -0.2) is 0 Å². The molecule has 400 valence electrons. The zero-order chi connectivity index (χ0) is 49.8. The van der Waals surface area contributed by atoms with Gasteiger partial charge in [-0.15, -0.1) is 0 Å². The van der Waals surface area contributed by atoms with Crippen molar-refractivity contribution >= 4 is 0 Å². The van der Waals surface area contributed by atoms with Gasteiger partial charge in [-0.2, -0.15) is 0 Å². The third-order valence-electron chi connectivity index (χ3n) is 13.1. The molecule has 0 saturated carbocycles. The van der Waals surface area contributed by atoms with Crippen LogP contribution in [0.5, 0.6) is 0 Å². The van der Waals surface area contributed by atoms with Crippen molar-refractivity contribution in [2.24, 2.45) is 0 Å². The number of ether oxygens (including phenoxy) is 10. The maximum absolute atomic E-state index is 11.6. The van der Waals surface area contributed by atoms with E-state index in [1.807, 2.05) is 0 Å². The summed E-state index contributed by atoms with van der Waals surface area (Å²) in [5.74, 6) is 0. The summed E-state index contributed by atoms with van der Waals surface area (Å²) < 4.78 is 56.5. The Labute approximate surface area is 393 Å². The Morgan fingerprint density at radius 2 is 0.559 bits per heavy atom. The number of hydrogen-bond acceptors (Lipinski definition) is 26. The maximum atomic E-state index is 11.6. The van der Waals surface area contributed by atoms with Crippen LogP contribution in [0, 0.1) is 0 Å². The molecule has 26 nitrogen and oxygen atoms in total. The number of aliphatic hydroxyl groups is 16. The zero-order valence-electron chi connectivity index (χ0n) is 38.0. The van der Waals surface area contributed by atoms with Crippen LogP contribution >= 0.6 is 0 Å². The van der Waals surface area contributed by atoms with Crippen LogP contribution < -0.4 is 0 Å². The van der Waals surface area contributed by atoms with Crippen molar-refractivity contribution in [1.29, 1.82) is 0 Å². The molecule has 0 radical (unpaired) electrons. The van der Waals surface area contributed by atoms with E-state index in [0.717, 1.165) is 25.7 Å². The number of aliphatic hydroxyl groups excluding tert-OH is 16. The summed E-state index contributed by atoms with van der Waals surface area (Å²) >= 11 is 0. The van der Waals surface area contributed by atoms with Crippen molar-refractivity contribution in [2.45, 2.75) is 225 Å². The first-order valence-electron chi connectivity index (χ1n) is 23.6. The first-order chi connectivity index (χ1) is 32.6. The molecule has 5 heterocycles. The molecule has 0 aromatic heterocycles. The first-order valence-corrected chi connectivity index (χ1v) is 23.6. The van der Waals surface area contributed by atoms with Crippen molar-refractivity contribution in [3.63, 3.8) is 0 Å². The third kappa shape index (κ3) is 14.0. The fourth-order valence-corrected chi connectivity index (χ4v) is 8.92. The van der Waals surface area contributed by atoms with E-state index in [1.165, 1.54) is 32.1 Å². The molecule has 5 aliphatic heterocycles. The summed E-state index contributed by atoms with van der Waals surface area (Å²) in [7, 11) is 0. The number of rotatable bonds is 25. The molecule has 5 rings (SSSR count). The van der Waals surface area contributed by atoms with Gasteiger partial charge < -0.3 is 129 Å². The number of unbranched alkanes of at least 4 members (excludes halogenated alkanes) is 9. The first kappa shape index (κ1) is 57.9. The lowest BCUT2D eigenvalue weighted by molar-refractivity contribution is -0.395. The highest BCUT2D eigenvalue weighted by Gasteiger charge is 2.57. The van der Waals surface area contributed by atoms with E-state index < -0.39 is 187 Å². The normalized spacial score (nSPS) is 45.9. The fourth-order valence-electron chi connectivity index (χ4n) is 8.92. The summed E-state index contributed by atoms with van der Waals surface area (Å²) in [6.07, 6.45) is -35.1. The van der Waals surface area contributed by atoms with Crippen LogP contribution in [0.25, 0.3) is 0 Å². The summed E-state index contributed by atoms with van der Waals surface area (Å²) in [6.45, 7) is -2.10. The molecule has 1 unspecified atom stereocenters. The predicted octanol–water partition coefficient (Wildman–Crippen LogP) is -6.98. The molecule has 5 fully saturated rings. The van der Waals surface area contributed by atoms with Crippen LogP contribution in [0.2, 0.25) is 0 Å². The lowest BCUT2D eigenvalue weighted by Crippen LogP contribution is -2.68. The zero-order valence-corrected chi connectivity index (χ0v) is 38.0. The minimum atomic E-state index is -2.17. The van der Waals surface area contributed by atoms with Crippen LogP contribution in [0.1, 0.15) is 71.1 Å². The molecule has 0 aliphatic carbocycles. The van der Waals surface area contributed by atoms with Gasteiger partial charge in [0, 0.05) is 6.61 Å². The molecular weight excluding hydrogens is 920 g/mol. The fraction of sp³-hybridized carbons (Fsp3) is 1.00. The van der Waals surface area contributed by atoms with Gasteiger partial charge in [-0.1, -0.05) is 64.7 Å². The van der Waals surface area contributed by atoms with E-state index in [2.05, 4.69) is 6.92 Å². The van der Waals surface area contributed by atoms with E-state index in [-0.39, 0.29) is 6.61 Å². The highest BCUT2D eigenvalue weighted by Crippen LogP contribution is 2.36. The quantitative estimate of drug-likeness (QED) is 0.0378.